The van der Waals surface area contributed by atoms with Crippen LogP contribution >= 0.6 is 0 Å². The number of carbonyl (C=O) groups excluding carboxylic acids is 2. The molecule has 0 saturated carbocycles. The van der Waals surface area contributed by atoms with Crippen LogP contribution in [0.25, 0.3) is 16.5 Å². The second-order valence-electron chi connectivity index (χ2n) is 7.63. The van der Waals surface area contributed by atoms with Gasteiger partial charge in [0.2, 0.25) is 5.91 Å². The third-order valence-electron chi connectivity index (χ3n) is 5.49. The number of amides is 1. The molecule has 1 atom stereocenters. The first-order valence-electron chi connectivity index (χ1n) is 10.6. The van der Waals surface area contributed by atoms with Crippen LogP contribution in [-0.2, 0) is 9.53 Å². The third kappa shape index (κ3) is 4.84. The third-order valence-corrected chi connectivity index (χ3v) is 5.49. The van der Waals surface area contributed by atoms with Crippen molar-refractivity contribution in [1.82, 2.24) is 10.2 Å². The Kier molecular flexibility index (Phi) is 6.56. The number of hydrogen-bond donors (Lipinski definition) is 1. The molecular weight excluding hydrogens is 408 g/mol. The molecule has 7 heteroatoms. The Bertz CT molecular complexity index is 1100. The summed E-state index contributed by atoms with van der Waals surface area (Å²) in [7, 11) is 1.34. The molecule has 1 saturated heterocycles. The molecule has 1 amide bonds. The van der Waals surface area contributed by atoms with Crippen LogP contribution in [0.2, 0.25) is 0 Å². The lowest BCUT2D eigenvalue weighted by atomic mass is 10.1. The highest BCUT2D eigenvalue weighted by Crippen LogP contribution is 2.24. The molecule has 2 heterocycles. The van der Waals surface area contributed by atoms with Gasteiger partial charge in [-0.15, -0.1) is 0 Å². The van der Waals surface area contributed by atoms with Crippen LogP contribution in [0.4, 0.5) is 0 Å². The van der Waals surface area contributed by atoms with E-state index < -0.39 is 5.97 Å². The number of nitrogens with one attached hydrogen (secondary N) is 1. The van der Waals surface area contributed by atoms with Crippen molar-refractivity contribution in [3.05, 3.63) is 72.0 Å². The van der Waals surface area contributed by atoms with E-state index in [-0.39, 0.29) is 12.1 Å². The van der Waals surface area contributed by atoms with Crippen molar-refractivity contribution in [2.75, 3.05) is 26.8 Å². The minimum Gasteiger partial charge on any atom is -0.492 e. The average molecular weight is 434 g/mol. The minimum absolute atomic E-state index is 0.00692. The SMILES string of the molecule is COC(=O)c1ccc(OCCN(C(=O)C=C(C)c2cc3ccccc3o2)C2CCN2)cc1. The van der Waals surface area contributed by atoms with E-state index >= 15 is 0 Å². The molecule has 0 bridgehead atoms. The Morgan fingerprint density at radius 3 is 2.59 bits per heavy atom. The molecule has 0 aliphatic carbocycles. The molecule has 0 radical (unpaired) electrons. The minimum atomic E-state index is -0.393. The van der Waals surface area contributed by atoms with Crippen molar-refractivity contribution >= 4 is 28.4 Å². The number of fused-ring (bicyclic) bond motifs is 1. The summed E-state index contributed by atoms with van der Waals surface area (Å²) >= 11 is 0. The van der Waals surface area contributed by atoms with E-state index in [2.05, 4.69) is 5.32 Å². The van der Waals surface area contributed by atoms with Gasteiger partial charge in [0.15, 0.2) is 0 Å². The maximum Gasteiger partial charge on any atom is 0.337 e. The van der Waals surface area contributed by atoms with Crippen LogP contribution in [0.15, 0.2) is 65.1 Å². The van der Waals surface area contributed by atoms with Crippen LogP contribution in [0.5, 0.6) is 5.75 Å². The van der Waals surface area contributed by atoms with Gasteiger partial charge in [0.05, 0.1) is 25.4 Å². The lowest BCUT2D eigenvalue weighted by molar-refractivity contribution is -0.131. The van der Waals surface area contributed by atoms with E-state index in [1.807, 2.05) is 37.3 Å². The summed E-state index contributed by atoms with van der Waals surface area (Å²) in [5.74, 6) is 0.824. The van der Waals surface area contributed by atoms with Gasteiger partial charge in [0, 0.05) is 18.0 Å². The van der Waals surface area contributed by atoms with Crippen molar-refractivity contribution in [2.24, 2.45) is 0 Å². The van der Waals surface area contributed by atoms with Crippen LogP contribution in [0.3, 0.4) is 0 Å². The number of furan rings is 1. The van der Waals surface area contributed by atoms with Crippen LogP contribution < -0.4 is 10.1 Å². The van der Waals surface area contributed by atoms with Crippen molar-refractivity contribution in [1.29, 1.82) is 0 Å². The number of methoxy groups -OCH3 is 1. The highest BCUT2D eigenvalue weighted by Gasteiger charge is 2.27. The van der Waals surface area contributed by atoms with Gasteiger partial charge >= 0.3 is 5.97 Å². The summed E-state index contributed by atoms with van der Waals surface area (Å²) in [5, 5.41) is 4.29. The summed E-state index contributed by atoms with van der Waals surface area (Å²) in [6.45, 7) is 3.52. The highest BCUT2D eigenvalue weighted by atomic mass is 16.5. The molecule has 32 heavy (non-hydrogen) atoms. The fourth-order valence-corrected chi connectivity index (χ4v) is 3.54. The van der Waals surface area contributed by atoms with E-state index in [9.17, 15) is 9.59 Å². The van der Waals surface area contributed by atoms with Crippen molar-refractivity contribution in [3.8, 4) is 5.75 Å². The fraction of sp³-hybridized carbons (Fsp3) is 0.280. The van der Waals surface area contributed by atoms with Crippen molar-refractivity contribution in [2.45, 2.75) is 19.5 Å². The molecule has 1 unspecified atom stereocenters. The van der Waals surface area contributed by atoms with Gasteiger partial charge in [0.1, 0.15) is 23.7 Å². The molecule has 1 fully saturated rings. The number of rotatable bonds is 8. The smallest absolute Gasteiger partial charge is 0.337 e. The highest BCUT2D eigenvalue weighted by molar-refractivity contribution is 5.95. The Morgan fingerprint density at radius 1 is 1.19 bits per heavy atom. The summed E-state index contributed by atoms with van der Waals surface area (Å²) in [4.78, 5) is 26.3. The molecule has 1 N–H and O–H groups in total. The molecule has 7 nitrogen and oxygen atoms in total. The number of esters is 1. The molecule has 4 rings (SSSR count). The van der Waals surface area contributed by atoms with E-state index in [0.29, 0.717) is 30.2 Å². The zero-order valence-electron chi connectivity index (χ0n) is 18.2. The van der Waals surface area contributed by atoms with Crippen molar-refractivity contribution < 1.29 is 23.5 Å². The number of allylic oxidation sites excluding steroid dienone is 1. The molecule has 166 valence electrons. The first-order valence-corrected chi connectivity index (χ1v) is 10.6. The summed E-state index contributed by atoms with van der Waals surface area (Å²) in [5.41, 5.74) is 2.03. The summed E-state index contributed by atoms with van der Waals surface area (Å²) in [6, 6.07) is 16.4. The molecule has 3 aromatic rings. The van der Waals surface area contributed by atoms with E-state index in [1.165, 1.54) is 7.11 Å². The van der Waals surface area contributed by atoms with Crippen LogP contribution in [0.1, 0.15) is 29.5 Å². The first kappa shape index (κ1) is 21.6. The number of nitrogens with zero attached hydrogens (tertiary/aromatic N) is 1. The van der Waals surface area contributed by atoms with Gasteiger partial charge in [-0.2, -0.15) is 0 Å². The predicted octanol–water partition coefficient (Wildman–Crippen LogP) is 3.85. The van der Waals surface area contributed by atoms with E-state index in [1.54, 1.807) is 35.2 Å². The van der Waals surface area contributed by atoms with E-state index in [4.69, 9.17) is 13.9 Å². The largest absolute Gasteiger partial charge is 0.492 e. The number of hydrogen-bond acceptors (Lipinski definition) is 6. The number of para-hydroxylation sites is 1. The topological polar surface area (TPSA) is 81.0 Å². The van der Waals surface area contributed by atoms with Gasteiger partial charge in [-0.05, 0) is 55.3 Å². The van der Waals surface area contributed by atoms with Crippen LogP contribution in [-0.4, -0.2) is 49.7 Å². The zero-order valence-corrected chi connectivity index (χ0v) is 18.2. The second-order valence-corrected chi connectivity index (χ2v) is 7.63. The fourth-order valence-electron chi connectivity index (χ4n) is 3.54. The Labute approximate surface area is 186 Å². The molecular formula is C25H26N2O5. The number of carbonyl (C=O) groups is 2. The first-order chi connectivity index (χ1) is 15.5. The van der Waals surface area contributed by atoms with Gasteiger partial charge < -0.3 is 18.8 Å². The van der Waals surface area contributed by atoms with Gasteiger partial charge in [-0.25, -0.2) is 4.79 Å². The number of ether oxygens (including phenoxy) is 2. The Balaban J connectivity index is 1.40. The van der Waals surface area contributed by atoms with E-state index in [0.717, 1.165) is 29.5 Å². The maximum atomic E-state index is 13.0. The molecule has 0 spiro atoms. The lowest BCUT2D eigenvalue weighted by Crippen LogP contribution is -2.57. The number of benzene rings is 2. The molecule has 1 aliphatic heterocycles. The standard InChI is InChI=1S/C25H26N2O5/c1-17(22-16-19-5-3-4-6-21(19)32-22)15-24(28)27(23-11-12-26-23)13-14-31-20-9-7-18(8-10-20)25(29)30-2/h3-10,15-16,23,26H,11-14H2,1-2H3. The second kappa shape index (κ2) is 9.70. The maximum absolute atomic E-state index is 13.0. The summed E-state index contributed by atoms with van der Waals surface area (Å²) < 4.78 is 16.4. The normalized spacial score (nSPS) is 15.8. The molecule has 1 aromatic heterocycles. The van der Waals surface area contributed by atoms with Gasteiger partial charge in [-0.1, -0.05) is 18.2 Å². The predicted molar refractivity (Wildman–Crippen MR) is 121 cm³/mol. The molecule has 2 aromatic carbocycles. The average Bonchev–Trinajstić information content (AvgIpc) is 3.21. The lowest BCUT2D eigenvalue weighted by Gasteiger charge is -2.38. The monoisotopic (exact) mass is 434 g/mol. The Hall–Kier alpha value is -3.58. The van der Waals surface area contributed by atoms with Gasteiger partial charge in [-0.3, -0.25) is 10.1 Å². The van der Waals surface area contributed by atoms with Gasteiger partial charge in [0.25, 0.3) is 0 Å². The van der Waals surface area contributed by atoms with Crippen LogP contribution in [0, 0.1) is 0 Å². The van der Waals surface area contributed by atoms with Crippen molar-refractivity contribution in [3.63, 3.8) is 0 Å². The summed E-state index contributed by atoms with van der Waals surface area (Å²) in [6.07, 6.45) is 2.51. The zero-order chi connectivity index (χ0) is 22.5. The quantitative estimate of drug-likeness (QED) is 0.428. The molecule has 1 aliphatic rings. The Morgan fingerprint density at radius 2 is 1.94 bits per heavy atom.